The maximum absolute atomic E-state index is 6.02. The molecule has 4 aromatic rings. The second kappa shape index (κ2) is 7.02. The van der Waals surface area contributed by atoms with Crippen molar-refractivity contribution in [1.29, 1.82) is 0 Å². The zero-order valence-electron chi connectivity index (χ0n) is 13.1. The Morgan fingerprint density at radius 1 is 0.880 bits per heavy atom. The highest BCUT2D eigenvalue weighted by Gasteiger charge is 2.14. The summed E-state index contributed by atoms with van der Waals surface area (Å²) in [6.07, 6.45) is 0. The first-order chi connectivity index (χ1) is 12.2. The molecule has 0 atom stereocenters. The van der Waals surface area contributed by atoms with Crippen LogP contribution in [-0.4, -0.2) is 4.98 Å². The van der Waals surface area contributed by atoms with Gasteiger partial charge >= 0.3 is 0 Å². The number of halogens is 2. The molecule has 5 heteroatoms. The van der Waals surface area contributed by atoms with Crippen molar-refractivity contribution in [3.05, 3.63) is 81.2 Å². The van der Waals surface area contributed by atoms with Crippen molar-refractivity contribution in [3.63, 3.8) is 0 Å². The molecule has 0 saturated heterocycles. The number of oxazole rings is 1. The fourth-order valence-corrected chi connectivity index (χ4v) is 3.25. The van der Waals surface area contributed by atoms with Crippen molar-refractivity contribution in [1.82, 2.24) is 4.98 Å². The summed E-state index contributed by atoms with van der Waals surface area (Å²) in [5.74, 6) is 1.27. The van der Waals surface area contributed by atoms with E-state index < -0.39 is 0 Å². The maximum atomic E-state index is 6.02. The van der Waals surface area contributed by atoms with Gasteiger partial charge in [0.25, 0.3) is 0 Å². The minimum atomic E-state index is 0.487. The van der Waals surface area contributed by atoms with Gasteiger partial charge in [0, 0.05) is 8.95 Å². The van der Waals surface area contributed by atoms with Gasteiger partial charge < -0.3 is 9.15 Å². The van der Waals surface area contributed by atoms with Crippen LogP contribution in [-0.2, 0) is 6.61 Å². The van der Waals surface area contributed by atoms with Crippen molar-refractivity contribution in [2.45, 2.75) is 6.61 Å². The van der Waals surface area contributed by atoms with Crippen LogP contribution in [0.15, 0.2) is 80.1 Å². The van der Waals surface area contributed by atoms with Crippen LogP contribution in [0.1, 0.15) is 5.56 Å². The molecule has 1 aromatic heterocycles. The Balaban J connectivity index is 1.71. The molecule has 124 valence electrons. The smallest absolute Gasteiger partial charge is 0.231 e. The number of fused-ring (bicyclic) bond motifs is 1. The van der Waals surface area contributed by atoms with Gasteiger partial charge in [0.1, 0.15) is 17.9 Å². The molecule has 1 heterocycles. The Morgan fingerprint density at radius 3 is 2.48 bits per heavy atom. The predicted octanol–water partition coefficient (Wildman–Crippen LogP) is 6.60. The lowest BCUT2D eigenvalue weighted by Crippen LogP contribution is -1.97. The quantitative estimate of drug-likeness (QED) is 0.345. The third kappa shape index (κ3) is 3.62. The van der Waals surface area contributed by atoms with Gasteiger partial charge in [-0.05, 0) is 42.0 Å². The summed E-state index contributed by atoms with van der Waals surface area (Å²) in [7, 11) is 0. The molecule has 3 aromatic carbocycles. The molecule has 3 nitrogen and oxygen atoms in total. The van der Waals surface area contributed by atoms with E-state index in [1.165, 1.54) is 0 Å². The monoisotopic (exact) mass is 457 g/mol. The van der Waals surface area contributed by atoms with Gasteiger partial charge in [-0.25, -0.2) is 4.98 Å². The van der Waals surface area contributed by atoms with Crippen LogP contribution in [0.3, 0.4) is 0 Å². The van der Waals surface area contributed by atoms with Crippen LogP contribution < -0.4 is 4.74 Å². The van der Waals surface area contributed by atoms with E-state index in [9.17, 15) is 0 Å². The SMILES string of the molecule is Brc1ccc(OCc2ccccc2)c(-c2nc3ccc(Br)cc3o2)c1. The number of aromatic nitrogens is 1. The summed E-state index contributed by atoms with van der Waals surface area (Å²) in [5, 5.41) is 0. The lowest BCUT2D eigenvalue weighted by atomic mass is 10.2. The molecule has 0 N–H and O–H groups in total. The molecule has 0 radical (unpaired) electrons. The highest BCUT2D eigenvalue weighted by Crippen LogP contribution is 2.35. The Morgan fingerprint density at radius 2 is 1.64 bits per heavy atom. The van der Waals surface area contributed by atoms with Gasteiger partial charge in [-0.1, -0.05) is 62.2 Å². The van der Waals surface area contributed by atoms with E-state index in [2.05, 4.69) is 36.8 Å². The molecule has 0 aliphatic rings. The van der Waals surface area contributed by atoms with Crippen molar-refractivity contribution in [3.8, 4) is 17.2 Å². The van der Waals surface area contributed by atoms with E-state index in [-0.39, 0.29) is 0 Å². The van der Waals surface area contributed by atoms with Crippen LogP contribution in [0.25, 0.3) is 22.6 Å². The number of benzene rings is 3. The molecule has 0 spiro atoms. The molecule has 0 bridgehead atoms. The average molecular weight is 459 g/mol. The molecule has 25 heavy (non-hydrogen) atoms. The van der Waals surface area contributed by atoms with Crippen LogP contribution in [0.2, 0.25) is 0 Å². The summed E-state index contributed by atoms with van der Waals surface area (Å²) in [6.45, 7) is 0.487. The fraction of sp³-hybridized carbons (Fsp3) is 0.0500. The Kier molecular flexibility index (Phi) is 4.59. The van der Waals surface area contributed by atoms with Gasteiger partial charge in [-0.3, -0.25) is 0 Å². The third-order valence-corrected chi connectivity index (χ3v) is 4.75. The van der Waals surface area contributed by atoms with E-state index in [0.717, 1.165) is 36.9 Å². The largest absolute Gasteiger partial charge is 0.488 e. The van der Waals surface area contributed by atoms with E-state index in [1.807, 2.05) is 66.7 Å². The molecular formula is C20H13Br2NO2. The summed E-state index contributed by atoms with van der Waals surface area (Å²) in [4.78, 5) is 4.59. The van der Waals surface area contributed by atoms with Gasteiger partial charge in [0.05, 0.1) is 5.56 Å². The van der Waals surface area contributed by atoms with Gasteiger partial charge in [-0.15, -0.1) is 0 Å². The Bertz CT molecular complexity index is 1030. The zero-order valence-corrected chi connectivity index (χ0v) is 16.2. The van der Waals surface area contributed by atoms with E-state index >= 15 is 0 Å². The first kappa shape index (κ1) is 16.4. The van der Waals surface area contributed by atoms with Crippen LogP contribution in [0.4, 0.5) is 0 Å². The standard InChI is InChI=1S/C20H13Br2NO2/c21-14-7-9-18(24-12-13-4-2-1-3-5-13)16(10-14)20-23-17-8-6-15(22)11-19(17)25-20/h1-11H,12H2. The van der Waals surface area contributed by atoms with Crippen molar-refractivity contribution < 1.29 is 9.15 Å². The van der Waals surface area contributed by atoms with E-state index in [0.29, 0.717) is 12.5 Å². The zero-order chi connectivity index (χ0) is 17.2. The normalized spacial score (nSPS) is 11.0. The topological polar surface area (TPSA) is 35.3 Å². The molecule has 0 fully saturated rings. The van der Waals surface area contributed by atoms with Gasteiger partial charge in [0.2, 0.25) is 5.89 Å². The summed E-state index contributed by atoms with van der Waals surface area (Å²) in [6, 6.07) is 21.7. The lowest BCUT2D eigenvalue weighted by Gasteiger charge is -2.10. The van der Waals surface area contributed by atoms with Crippen molar-refractivity contribution >= 4 is 43.0 Å². The van der Waals surface area contributed by atoms with E-state index in [4.69, 9.17) is 9.15 Å². The second-order valence-electron chi connectivity index (χ2n) is 5.55. The number of hydrogen-bond acceptors (Lipinski definition) is 3. The molecular weight excluding hydrogens is 446 g/mol. The van der Waals surface area contributed by atoms with Gasteiger partial charge in [-0.2, -0.15) is 0 Å². The molecule has 0 saturated carbocycles. The molecule has 0 unspecified atom stereocenters. The van der Waals surface area contributed by atoms with Crippen molar-refractivity contribution in [2.24, 2.45) is 0 Å². The molecule has 0 aliphatic carbocycles. The number of rotatable bonds is 4. The maximum Gasteiger partial charge on any atom is 0.231 e. The van der Waals surface area contributed by atoms with Gasteiger partial charge in [0.15, 0.2) is 5.58 Å². The van der Waals surface area contributed by atoms with Crippen LogP contribution >= 0.6 is 31.9 Å². The number of ether oxygens (including phenoxy) is 1. The Labute approximate surface area is 161 Å². The summed E-state index contributed by atoms with van der Waals surface area (Å²) in [5.41, 5.74) is 3.47. The van der Waals surface area contributed by atoms with Crippen molar-refractivity contribution in [2.75, 3.05) is 0 Å². The second-order valence-corrected chi connectivity index (χ2v) is 7.38. The van der Waals surface area contributed by atoms with E-state index in [1.54, 1.807) is 0 Å². The minimum Gasteiger partial charge on any atom is -0.488 e. The third-order valence-electron chi connectivity index (χ3n) is 3.76. The van der Waals surface area contributed by atoms with Crippen LogP contribution in [0, 0.1) is 0 Å². The highest BCUT2D eigenvalue weighted by atomic mass is 79.9. The Hall–Kier alpha value is -2.11. The fourth-order valence-electron chi connectivity index (χ4n) is 2.54. The number of nitrogens with zero attached hydrogens (tertiary/aromatic N) is 1. The summed E-state index contributed by atoms with van der Waals surface area (Å²) < 4.78 is 13.9. The molecule has 0 amide bonds. The average Bonchev–Trinajstić information content (AvgIpc) is 3.04. The molecule has 0 aliphatic heterocycles. The first-order valence-electron chi connectivity index (χ1n) is 7.72. The first-order valence-corrected chi connectivity index (χ1v) is 9.30. The lowest BCUT2D eigenvalue weighted by molar-refractivity contribution is 0.306. The summed E-state index contributed by atoms with van der Waals surface area (Å²) >= 11 is 6.97. The molecule has 4 rings (SSSR count). The highest BCUT2D eigenvalue weighted by molar-refractivity contribution is 9.10. The minimum absolute atomic E-state index is 0.487. The predicted molar refractivity (Wildman–Crippen MR) is 106 cm³/mol. The number of hydrogen-bond donors (Lipinski definition) is 0. The van der Waals surface area contributed by atoms with Crippen LogP contribution in [0.5, 0.6) is 5.75 Å².